The van der Waals surface area contributed by atoms with E-state index in [1.807, 2.05) is 0 Å². The zero-order valence-electron chi connectivity index (χ0n) is 11.5. The normalized spacial score (nSPS) is 11.4. The predicted molar refractivity (Wildman–Crippen MR) is 92.0 cm³/mol. The van der Waals surface area contributed by atoms with Gasteiger partial charge in [-0.1, -0.05) is 40.9 Å². The van der Waals surface area contributed by atoms with Crippen molar-refractivity contribution in [2.45, 2.75) is 6.92 Å². The second kappa shape index (κ2) is 7.01. The van der Waals surface area contributed by atoms with Gasteiger partial charge < -0.3 is 5.73 Å². The molecule has 2 rings (SSSR count). The molecule has 22 heavy (non-hydrogen) atoms. The topological polar surface area (TPSA) is 67.5 Å². The van der Waals surface area contributed by atoms with Gasteiger partial charge in [0.05, 0.1) is 20.8 Å². The van der Waals surface area contributed by atoms with Gasteiger partial charge in [0.25, 0.3) is 5.91 Å². The van der Waals surface area contributed by atoms with Gasteiger partial charge in [-0.05, 0) is 37.3 Å². The van der Waals surface area contributed by atoms with Crippen LogP contribution in [0.1, 0.15) is 22.8 Å². The van der Waals surface area contributed by atoms with E-state index in [0.29, 0.717) is 27.5 Å². The van der Waals surface area contributed by atoms with E-state index in [9.17, 15) is 4.79 Å². The third-order valence-corrected chi connectivity index (χ3v) is 4.22. The average molecular weight is 357 g/mol. The van der Waals surface area contributed by atoms with Crippen molar-refractivity contribution >= 4 is 52.1 Å². The summed E-state index contributed by atoms with van der Waals surface area (Å²) in [6.07, 6.45) is 0. The highest BCUT2D eigenvalue weighted by Crippen LogP contribution is 2.32. The van der Waals surface area contributed by atoms with E-state index < -0.39 is 0 Å². The fraction of sp³-hybridized carbons (Fsp3) is 0.0667. The smallest absolute Gasteiger partial charge is 0.271 e. The van der Waals surface area contributed by atoms with Crippen molar-refractivity contribution in [3.63, 3.8) is 0 Å². The van der Waals surface area contributed by atoms with Crippen LogP contribution in [-0.4, -0.2) is 11.6 Å². The molecule has 1 amide bonds. The summed E-state index contributed by atoms with van der Waals surface area (Å²) in [5.74, 6) is -0.351. The van der Waals surface area contributed by atoms with E-state index in [4.69, 9.17) is 40.5 Å². The molecule has 0 aliphatic rings. The van der Waals surface area contributed by atoms with Gasteiger partial charge in [-0.15, -0.1) is 0 Å². The molecule has 2 aromatic carbocycles. The fourth-order valence-electron chi connectivity index (χ4n) is 1.70. The van der Waals surface area contributed by atoms with Crippen LogP contribution in [0, 0.1) is 0 Å². The highest BCUT2D eigenvalue weighted by molar-refractivity contribution is 6.49. The number of halogens is 3. The lowest BCUT2D eigenvalue weighted by molar-refractivity contribution is 0.0955. The number of hydrazone groups is 1. The molecule has 4 nitrogen and oxygen atoms in total. The summed E-state index contributed by atoms with van der Waals surface area (Å²) >= 11 is 18.0. The number of anilines is 1. The largest absolute Gasteiger partial charge is 0.399 e. The lowest BCUT2D eigenvalue weighted by Gasteiger charge is -2.07. The quantitative estimate of drug-likeness (QED) is 0.371. The number of benzene rings is 2. The van der Waals surface area contributed by atoms with Crippen molar-refractivity contribution in [3.05, 3.63) is 62.6 Å². The molecule has 7 heteroatoms. The Morgan fingerprint density at radius 3 is 2.32 bits per heavy atom. The van der Waals surface area contributed by atoms with Gasteiger partial charge in [0.1, 0.15) is 0 Å². The van der Waals surface area contributed by atoms with Gasteiger partial charge in [0, 0.05) is 16.8 Å². The van der Waals surface area contributed by atoms with Crippen molar-refractivity contribution in [1.29, 1.82) is 0 Å². The standard InChI is InChI=1S/C15H12Cl3N3O/c1-8(11-6-7-12(16)14(18)13(11)17)20-21-15(22)9-2-4-10(19)5-3-9/h2-7H,19H2,1H3,(H,21,22)/b20-8+. The minimum Gasteiger partial charge on any atom is -0.399 e. The van der Waals surface area contributed by atoms with Crippen LogP contribution in [-0.2, 0) is 0 Å². The number of hydrogen-bond donors (Lipinski definition) is 2. The van der Waals surface area contributed by atoms with Crippen LogP contribution in [0.3, 0.4) is 0 Å². The molecule has 0 aliphatic carbocycles. The van der Waals surface area contributed by atoms with Gasteiger partial charge in [0.15, 0.2) is 0 Å². The van der Waals surface area contributed by atoms with Gasteiger partial charge in [0.2, 0.25) is 0 Å². The summed E-state index contributed by atoms with van der Waals surface area (Å²) in [5.41, 5.74) is 10.2. The summed E-state index contributed by atoms with van der Waals surface area (Å²) in [7, 11) is 0. The first-order valence-corrected chi connectivity index (χ1v) is 7.37. The molecule has 3 N–H and O–H groups in total. The Kier molecular flexibility index (Phi) is 5.29. The van der Waals surface area contributed by atoms with E-state index in [0.717, 1.165) is 0 Å². The molecule has 0 aliphatic heterocycles. The number of carbonyl (C=O) groups excluding carboxylic acids is 1. The van der Waals surface area contributed by atoms with Crippen LogP contribution in [0.25, 0.3) is 0 Å². The van der Waals surface area contributed by atoms with E-state index in [1.54, 1.807) is 43.3 Å². The van der Waals surface area contributed by atoms with Crippen LogP contribution in [0.4, 0.5) is 5.69 Å². The molecular formula is C15H12Cl3N3O. The maximum Gasteiger partial charge on any atom is 0.271 e. The first kappa shape index (κ1) is 16.6. The number of nitrogens with one attached hydrogen (secondary N) is 1. The second-order valence-electron chi connectivity index (χ2n) is 4.48. The molecule has 0 saturated carbocycles. The van der Waals surface area contributed by atoms with Gasteiger partial charge >= 0.3 is 0 Å². The van der Waals surface area contributed by atoms with Crippen LogP contribution in [0.2, 0.25) is 15.1 Å². The van der Waals surface area contributed by atoms with E-state index in [-0.39, 0.29) is 16.0 Å². The fourth-order valence-corrected chi connectivity index (χ4v) is 2.37. The first-order valence-electron chi connectivity index (χ1n) is 6.24. The van der Waals surface area contributed by atoms with Crippen LogP contribution < -0.4 is 11.2 Å². The van der Waals surface area contributed by atoms with Gasteiger partial charge in [-0.2, -0.15) is 5.10 Å². The Morgan fingerprint density at radius 2 is 1.68 bits per heavy atom. The number of hydrogen-bond acceptors (Lipinski definition) is 3. The number of nitrogens with two attached hydrogens (primary N) is 1. The van der Waals surface area contributed by atoms with Crippen molar-refractivity contribution in [2.24, 2.45) is 5.10 Å². The summed E-state index contributed by atoms with van der Waals surface area (Å²) in [5, 5.41) is 4.92. The zero-order valence-corrected chi connectivity index (χ0v) is 13.8. The van der Waals surface area contributed by atoms with Crippen molar-refractivity contribution in [1.82, 2.24) is 5.43 Å². The molecule has 0 heterocycles. The van der Waals surface area contributed by atoms with Crippen molar-refractivity contribution in [2.75, 3.05) is 5.73 Å². The average Bonchev–Trinajstić information content (AvgIpc) is 2.51. The Labute approximate surface area is 142 Å². The molecule has 0 spiro atoms. The highest BCUT2D eigenvalue weighted by Gasteiger charge is 2.11. The summed E-state index contributed by atoms with van der Waals surface area (Å²) in [6, 6.07) is 9.81. The Hall–Kier alpha value is -1.75. The first-order chi connectivity index (χ1) is 10.4. The number of nitrogens with zero attached hydrogens (tertiary/aromatic N) is 1. The molecule has 0 radical (unpaired) electrons. The molecule has 0 bridgehead atoms. The molecule has 0 fully saturated rings. The second-order valence-corrected chi connectivity index (χ2v) is 5.65. The molecule has 2 aromatic rings. The monoisotopic (exact) mass is 355 g/mol. The Morgan fingerprint density at radius 1 is 1.05 bits per heavy atom. The SMILES string of the molecule is C/C(=N\NC(=O)c1ccc(N)cc1)c1ccc(Cl)c(Cl)c1Cl. The lowest BCUT2D eigenvalue weighted by Crippen LogP contribution is -2.19. The maximum atomic E-state index is 12.0. The van der Waals surface area contributed by atoms with Crippen LogP contribution >= 0.6 is 34.8 Å². The van der Waals surface area contributed by atoms with Crippen LogP contribution in [0.5, 0.6) is 0 Å². The molecule has 0 aromatic heterocycles. The van der Waals surface area contributed by atoms with Crippen LogP contribution in [0.15, 0.2) is 41.5 Å². The molecule has 0 unspecified atom stereocenters. The van der Waals surface area contributed by atoms with E-state index in [2.05, 4.69) is 10.5 Å². The number of nitrogen functional groups attached to an aromatic ring is 1. The molecule has 114 valence electrons. The van der Waals surface area contributed by atoms with Gasteiger partial charge in [-0.3, -0.25) is 4.79 Å². The van der Waals surface area contributed by atoms with Crippen molar-refractivity contribution < 1.29 is 4.79 Å². The number of carbonyl (C=O) groups is 1. The zero-order chi connectivity index (χ0) is 16.3. The summed E-state index contributed by atoms with van der Waals surface area (Å²) < 4.78 is 0. The number of rotatable bonds is 3. The molecule has 0 atom stereocenters. The minimum atomic E-state index is -0.351. The highest BCUT2D eigenvalue weighted by atomic mass is 35.5. The third-order valence-electron chi connectivity index (χ3n) is 2.92. The Balaban J connectivity index is 2.18. The third kappa shape index (κ3) is 3.71. The lowest BCUT2D eigenvalue weighted by atomic mass is 10.1. The molecule has 0 saturated heterocycles. The Bertz CT molecular complexity index is 742. The van der Waals surface area contributed by atoms with Gasteiger partial charge in [-0.25, -0.2) is 5.43 Å². The summed E-state index contributed by atoms with van der Waals surface area (Å²) in [4.78, 5) is 12.0. The molecular weight excluding hydrogens is 345 g/mol. The van der Waals surface area contributed by atoms with Crippen molar-refractivity contribution in [3.8, 4) is 0 Å². The predicted octanol–water partition coefficient (Wildman–Crippen LogP) is 4.38. The summed E-state index contributed by atoms with van der Waals surface area (Å²) in [6.45, 7) is 1.70. The maximum absolute atomic E-state index is 12.0. The number of amides is 1. The van der Waals surface area contributed by atoms with E-state index in [1.165, 1.54) is 0 Å². The van der Waals surface area contributed by atoms with E-state index >= 15 is 0 Å². The minimum absolute atomic E-state index is 0.250.